The lowest BCUT2D eigenvalue weighted by Gasteiger charge is -2.16. The zero-order chi connectivity index (χ0) is 12.5. The lowest BCUT2D eigenvalue weighted by Crippen LogP contribution is -2.20. The molecule has 0 radical (unpaired) electrons. The van der Waals surface area contributed by atoms with Gasteiger partial charge in [0.25, 0.3) is 0 Å². The van der Waals surface area contributed by atoms with E-state index in [2.05, 4.69) is 19.6 Å². The molecule has 3 heteroatoms. The number of hydrogen-bond acceptors (Lipinski definition) is 2. The molecule has 0 aromatic heterocycles. The van der Waals surface area contributed by atoms with Crippen LogP contribution in [0.4, 0.5) is 0 Å². The molecule has 92 valence electrons. The summed E-state index contributed by atoms with van der Waals surface area (Å²) < 4.78 is 5.34. The van der Waals surface area contributed by atoms with E-state index in [9.17, 15) is 4.79 Å². The van der Waals surface area contributed by atoms with E-state index in [0.717, 1.165) is 17.3 Å². The zero-order valence-corrected chi connectivity index (χ0v) is 12.4. The standard InChI is InChI=1S/C13H24O2Si/c1-9(2)13(15-10(3)14)12-7-11(12)8-16(4,5)6/h11-12H,7-8H2,1-6H3/t11-,12-/m0/s1. The molecule has 1 aliphatic rings. The number of ether oxygens (including phenoxy) is 1. The van der Waals surface area contributed by atoms with Gasteiger partial charge in [0.15, 0.2) is 0 Å². The molecule has 0 aliphatic heterocycles. The maximum absolute atomic E-state index is 11.0. The van der Waals surface area contributed by atoms with Crippen molar-refractivity contribution < 1.29 is 9.53 Å². The average Bonchev–Trinajstić information content (AvgIpc) is 2.75. The van der Waals surface area contributed by atoms with E-state index in [-0.39, 0.29) is 5.97 Å². The van der Waals surface area contributed by atoms with E-state index in [1.54, 1.807) is 0 Å². The lowest BCUT2D eigenvalue weighted by atomic mass is 10.2. The molecule has 0 N–H and O–H groups in total. The molecule has 0 amide bonds. The van der Waals surface area contributed by atoms with Gasteiger partial charge < -0.3 is 4.74 Å². The monoisotopic (exact) mass is 240 g/mol. The van der Waals surface area contributed by atoms with Gasteiger partial charge in [-0.25, -0.2) is 0 Å². The molecule has 1 rings (SSSR count). The molecule has 0 unspecified atom stereocenters. The van der Waals surface area contributed by atoms with Crippen LogP contribution >= 0.6 is 0 Å². The van der Waals surface area contributed by atoms with Crippen LogP contribution in [0.15, 0.2) is 11.3 Å². The quantitative estimate of drug-likeness (QED) is 0.424. The van der Waals surface area contributed by atoms with Gasteiger partial charge in [0.2, 0.25) is 0 Å². The first kappa shape index (κ1) is 13.5. The Hall–Kier alpha value is -0.573. The van der Waals surface area contributed by atoms with Crippen molar-refractivity contribution in [3.8, 4) is 0 Å². The highest BCUT2D eigenvalue weighted by molar-refractivity contribution is 6.76. The second kappa shape index (κ2) is 4.74. The molecular formula is C13H24O2Si. The largest absolute Gasteiger partial charge is 0.431 e. The first-order valence-electron chi connectivity index (χ1n) is 6.06. The maximum atomic E-state index is 11.0. The third kappa shape index (κ3) is 4.12. The van der Waals surface area contributed by atoms with Gasteiger partial charge in [-0.15, -0.1) is 0 Å². The molecule has 1 saturated carbocycles. The molecule has 0 saturated heterocycles. The van der Waals surface area contributed by atoms with Crippen LogP contribution < -0.4 is 0 Å². The Labute approximate surface area is 100 Å². The molecule has 0 spiro atoms. The van der Waals surface area contributed by atoms with Crippen LogP contribution in [0, 0.1) is 11.8 Å². The second-order valence-corrected chi connectivity index (χ2v) is 11.9. The first-order chi connectivity index (χ1) is 7.20. The molecule has 1 fully saturated rings. The number of carbonyl (C=O) groups is 1. The Morgan fingerprint density at radius 1 is 1.25 bits per heavy atom. The molecule has 16 heavy (non-hydrogen) atoms. The lowest BCUT2D eigenvalue weighted by molar-refractivity contribution is -0.137. The average molecular weight is 240 g/mol. The van der Waals surface area contributed by atoms with Crippen LogP contribution in [0.3, 0.4) is 0 Å². The normalized spacial score (nSPS) is 23.9. The molecule has 0 heterocycles. The van der Waals surface area contributed by atoms with Gasteiger partial charge in [-0.05, 0) is 31.8 Å². The van der Waals surface area contributed by atoms with Crippen molar-refractivity contribution in [1.29, 1.82) is 0 Å². The number of rotatable bonds is 4. The number of hydrogen-bond donors (Lipinski definition) is 0. The van der Waals surface area contributed by atoms with Crippen LogP contribution in [0.5, 0.6) is 0 Å². The zero-order valence-electron chi connectivity index (χ0n) is 11.4. The number of esters is 1. The van der Waals surface area contributed by atoms with Crippen LogP contribution in [0.2, 0.25) is 25.7 Å². The Morgan fingerprint density at radius 2 is 1.81 bits per heavy atom. The summed E-state index contributed by atoms with van der Waals surface area (Å²) in [5.74, 6) is 2.03. The Morgan fingerprint density at radius 3 is 2.19 bits per heavy atom. The summed E-state index contributed by atoms with van der Waals surface area (Å²) in [4.78, 5) is 11.0. The van der Waals surface area contributed by atoms with Crippen LogP contribution in [0.1, 0.15) is 27.2 Å². The third-order valence-corrected chi connectivity index (χ3v) is 4.63. The minimum atomic E-state index is -0.983. The predicted molar refractivity (Wildman–Crippen MR) is 69.9 cm³/mol. The first-order valence-corrected chi connectivity index (χ1v) is 9.77. The fourth-order valence-electron chi connectivity index (χ4n) is 2.28. The SMILES string of the molecule is CC(=O)OC(=C(C)C)[C@H]1C[C@H]1C[Si](C)(C)C. The van der Waals surface area contributed by atoms with E-state index in [1.165, 1.54) is 19.4 Å². The van der Waals surface area contributed by atoms with Crippen molar-refractivity contribution in [1.82, 2.24) is 0 Å². The summed E-state index contributed by atoms with van der Waals surface area (Å²) in [5.41, 5.74) is 1.15. The van der Waals surface area contributed by atoms with Gasteiger partial charge in [0.1, 0.15) is 5.76 Å². The highest BCUT2D eigenvalue weighted by Crippen LogP contribution is 2.50. The van der Waals surface area contributed by atoms with E-state index < -0.39 is 8.07 Å². The van der Waals surface area contributed by atoms with E-state index in [0.29, 0.717) is 5.92 Å². The van der Waals surface area contributed by atoms with Crippen molar-refractivity contribution in [2.75, 3.05) is 0 Å². The minimum absolute atomic E-state index is 0.185. The summed E-state index contributed by atoms with van der Waals surface area (Å²) in [6, 6.07) is 1.34. The predicted octanol–water partition coefficient (Wildman–Crippen LogP) is 3.82. The number of carbonyl (C=O) groups excluding carboxylic acids is 1. The Bertz CT molecular complexity index is 308. The molecule has 0 aromatic carbocycles. The fourth-order valence-corrected chi connectivity index (χ4v) is 4.31. The molecule has 1 aliphatic carbocycles. The molecule has 2 nitrogen and oxygen atoms in total. The van der Waals surface area contributed by atoms with Gasteiger partial charge in [-0.2, -0.15) is 0 Å². The summed E-state index contributed by atoms with van der Waals surface area (Å²) >= 11 is 0. The highest BCUT2D eigenvalue weighted by Gasteiger charge is 2.44. The van der Waals surface area contributed by atoms with E-state index in [4.69, 9.17) is 4.74 Å². The highest BCUT2D eigenvalue weighted by atomic mass is 28.3. The molecule has 0 bridgehead atoms. The fraction of sp³-hybridized carbons (Fsp3) is 0.769. The van der Waals surface area contributed by atoms with Gasteiger partial charge in [0.05, 0.1) is 0 Å². The smallest absolute Gasteiger partial charge is 0.307 e. The topological polar surface area (TPSA) is 26.3 Å². The molecular weight excluding hydrogens is 216 g/mol. The summed E-state index contributed by atoms with van der Waals surface area (Å²) in [6.07, 6.45) is 1.21. The maximum Gasteiger partial charge on any atom is 0.307 e. The molecule has 2 atom stereocenters. The van der Waals surface area contributed by atoms with E-state index >= 15 is 0 Å². The molecule has 0 aromatic rings. The van der Waals surface area contributed by atoms with Crippen LogP contribution in [-0.2, 0) is 9.53 Å². The summed E-state index contributed by atoms with van der Waals surface area (Å²) in [5, 5.41) is 0. The van der Waals surface area contributed by atoms with Crippen molar-refractivity contribution >= 4 is 14.0 Å². The summed E-state index contributed by atoms with van der Waals surface area (Å²) in [7, 11) is -0.983. The number of allylic oxidation sites excluding steroid dienone is 2. The van der Waals surface area contributed by atoms with E-state index in [1.807, 2.05) is 13.8 Å². The third-order valence-electron chi connectivity index (χ3n) is 2.88. The van der Waals surface area contributed by atoms with Gasteiger partial charge in [-0.3, -0.25) is 4.79 Å². The van der Waals surface area contributed by atoms with Gasteiger partial charge >= 0.3 is 5.97 Å². The Kier molecular flexibility index (Phi) is 4.00. The van der Waals surface area contributed by atoms with Gasteiger partial charge in [0, 0.05) is 20.9 Å². The van der Waals surface area contributed by atoms with Crippen molar-refractivity contribution in [2.45, 2.75) is 52.9 Å². The minimum Gasteiger partial charge on any atom is -0.431 e. The second-order valence-electron chi connectivity index (χ2n) is 6.32. The Balaban J connectivity index is 2.59. The summed E-state index contributed by atoms with van der Waals surface area (Å²) in [6.45, 7) is 12.7. The van der Waals surface area contributed by atoms with Crippen molar-refractivity contribution in [3.05, 3.63) is 11.3 Å². The van der Waals surface area contributed by atoms with Crippen LogP contribution in [-0.4, -0.2) is 14.0 Å². The van der Waals surface area contributed by atoms with Gasteiger partial charge in [-0.1, -0.05) is 25.7 Å². The van der Waals surface area contributed by atoms with Crippen molar-refractivity contribution in [3.63, 3.8) is 0 Å². The van der Waals surface area contributed by atoms with Crippen LogP contribution in [0.25, 0.3) is 0 Å². The van der Waals surface area contributed by atoms with Crippen molar-refractivity contribution in [2.24, 2.45) is 11.8 Å².